The summed E-state index contributed by atoms with van der Waals surface area (Å²) in [5.74, 6) is 1.34. The minimum Gasteiger partial charge on any atom is -0.379 e. The van der Waals surface area contributed by atoms with E-state index in [1.54, 1.807) is 0 Å². The van der Waals surface area contributed by atoms with Crippen molar-refractivity contribution < 1.29 is 9.26 Å². The molecule has 2 aliphatic heterocycles. The van der Waals surface area contributed by atoms with E-state index in [2.05, 4.69) is 44.2 Å². The highest BCUT2D eigenvalue weighted by molar-refractivity contribution is 5.60. The highest BCUT2D eigenvalue weighted by Gasteiger charge is 2.16. The number of rotatable bonds is 4. The van der Waals surface area contributed by atoms with Gasteiger partial charge in [0.05, 0.1) is 19.8 Å². The summed E-state index contributed by atoms with van der Waals surface area (Å²) in [6.07, 6.45) is 3.93. The zero-order valence-electron chi connectivity index (χ0n) is 14.0. The van der Waals surface area contributed by atoms with Crippen LogP contribution in [0.4, 0.5) is 5.69 Å². The first-order valence-corrected chi connectivity index (χ1v) is 8.86. The molecule has 0 aliphatic carbocycles. The summed E-state index contributed by atoms with van der Waals surface area (Å²) in [7, 11) is 0. The fraction of sp³-hybridized carbons (Fsp3) is 0.556. The Morgan fingerprint density at radius 3 is 2.42 bits per heavy atom. The van der Waals surface area contributed by atoms with E-state index < -0.39 is 0 Å². The fourth-order valence-electron chi connectivity index (χ4n) is 3.36. The van der Waals surface area contributed by atoms with E-state index in [1.807, 2.05) is 0 Å². The fourth-order valence-corrected chi connectivity index (χ4v) is 3.36. The van der Waals surface area contributed by atoms with Gasteiger partial charge in [0, 0.05) is 37.4 Å². The Balaban J connectivity index is 1.42. The number of morpholine rings is 1. The molecule has 0 spiro atoms. The summed E-state index contributed by atoms with van der Waals surface area (Å²) in [4.78, 5) is 9.27. The number of nitrogens with zero attached hydrogens (tertiary/aromatic N) is 4. The van der Waals surface area contributed by atoms with Crippen molar-refractivity contribution in [3.8, 4) is 11.4 Å². The van der Waals surface area contributed by atoms with Crippen molar-refractivity contribution in [2.75, 3.05) is 44.3 Å². The molecule has 24 heavy (non-hydrogen) atoms. The molecule has 0 amide bonds. The molecule has 3 heterocycles. The molecule has 0 radical (unpaired) electrons. The Labute approximate surface area is 142 Å². The topological polar surface area (TPSA) is 54.6 Å². The molecule has 2 aromatic rings. The van der Waals surface area contributed by atoms with E-state index >= 15 is 0 Å². The van der Waals surface area contributed by atoms with E-state index in [-0.39, 0.29) is 0 Å². The SMILES string of the molecule is c1cc(N2CCCCC2)ccc1-c1noc(CN2CCOCC2)n1. The molecule has 0 N–H and O–H groups in total. The normalized spacial score (nSPS) is 19.6. The van der Waals surface area contributed by atoms with Crippen LogP contribution in [0.2, 0.25) is 0 Å². The van der Waals surface area contributed by atoms with E-state index in [1.165, 1.54) is 24.9 Å². The Hall–Kier alpha value is -1.92. The Kier molecular flexibility index (Phi) is 4.76. The quantitative estimate of drug-likeness (QED) is 0.860. The van der Waals surface area contributed by atoms with Gasteiger partial charge in [-0.3, -0.25) is 4.90 Å². The second-order valence-electron chi connectivity index (χ2n) is 6.49. The lowest BCUT2D eigenvalue weighted by Gasteiger charge is -2.28. The molecule has 128 valence electrons. The van der Waals surface area contributed by atoms with Gasteiger partial charge in [0.2, 0.25) is 11.7 Å². The molecule has 2 fully saturated rings. The molecule has 4 rings (SSSR count). The minimum absolute atomic E-state index is 0.670. The van der Waals surface area contributed by atoms with Crippen LogP contribution in [0.3, 0.4) is 0 Å². The largest absolute Gasteiger partial charge is 0.379 e. The average Bonchev–Trinajstić information content (AvgIpc) is 3.12. The summed E-state index contributed by atoms with van der Waals surface area (Å²) in [6.45, 7) is 6.40. The van der Waals surface area contributed by atoms with Crippen molar-refractivity contribution in [1.29, 1.82) is 0 Å². The van der Waals surface area contributed by atoms with Gasteiger partial charge in [-0.2, -0.15) is 4.98 Å². The summed E-state index contributed by atoms with van der Waals surface area (Å²) in [5, 5.41) is 4.14. The van der Waals surface area contributed by atoms with Gasteiger partial charge >= 0.3 is 0 Å². The Morgan fingerprint density at radius 1 is 0.917 bits per heavy atom. The maximum absolute atomic E-state index is 5.41. The zero-order valence-corrected chi connectivity index (χ0v) is 14.0. The van der Waals surface area contributed by atoms with Crippen LogP contribution >= 0.6 is 0 Å². The summed E-state index contributed by atoms with van der Waals surface area (Å²) < 4.78 is 10.8. The lowest BCUT2D eigenvalue weighted by molar-refractivity contribution is 0.0297. The predicted molar refractivity (Wildman–Crippen MR) is 91.9 cm³/mol. The van der Waals surface area contributed by atoms with Gasteiger partial charge in [-0.25, -0.2) is 0 Å². The number of ether oxygens (including phenoxy) is 1. The minimum atomic E-state index is 0.670. The molecule has 1 aromatic heterocycles. The van der Waals surface area contributed by atoms with Crippen LogP contribution < -0.4 is 4.90 Å². The van der Waals surface area contributed by atoms with E-state index in [0.717, 1.165) is 45.0 Å². The Morgan fingerprint density at radius 2 is 1.67 bits per heavy atom. The van der Waals surface area contributed by atoms with Gasteiger partial charge < -0.3 is 14.2 Å². The molecule has 0 bridgehead atoms. The predicted octanol–water partition coefficient (Wildman–Crippen LogP) is 2.56. The van der Waals surface area contributed by atoms with E-state index in [4.69, 9.17) is 9.26 Å². The number of piperidine rings is 1. The van der Waals surface area contributed by atoms with Crippen molar-refractivity contribution in [1.82, 2.24) is 15.0 Å². The molecule has 6 heteroatoms. The highest BCUT2D eigenvalue weighted by Crippen LogP contribution is 2.24. The molecule has 1 aromatic carbocycles. The smallest absolute Gasteiger partial charge is 0.241 e. The second kappa shape index (κ2) is 7.32. The van der Waals surface area contributed by atoms with Crippen molar-refractivity contribution in [3.63, 3.8) is 0 Å². The molecular weight excluding hydrogens is 304 g/mol. The summed E-state index contributed by atoms with van der Waals surface area (Å²) in [5.41, 5.74) is 2.29. The monoisotopic (exact) mass is 328 g/mol. The van der Waals surface area contributed by atoms with Gasteiger partial charge in [0.15, 0.2) is 0 Å². The second-order valence-corrected chi connectivity index (χ2v) is 6.49. The number of hydrogen-bond donors (Lipinski definition) is 0. The Bertz CT molecular complexity index is 643. The van der Waals surface area contributed by atoms with Gasteiger partial charge in [-0.05, 0) is 43.5 Å². The third-order valence-electron chi connectivity index (χ3n) is 4.78. The van der Waals surface area contributed by atoms with Crippen molar-refractivity contribution >= 4 is 5.69 Å². The third-order valence-corrected chi connectivity index (χ3v) is 4.78. The molecular formula is C18H24N4O2. The maximum atomic E-state index is 5.41. The van der Waals surface area contributed by atoms with Crippen molar-refractivity contribution in [2.45, 2.75) is 25.8 Å². The zero-order chi connectivity index (χ0) is 16.2. The average molecular weight is 328 g/mol. The van der Waals surface area contributed by atoms with Crippen LogP contribution in [0.5, 0.6) is 0 Å². The number of benzene rings is 1. The number of anilines is 1. The van der Waals surface area contributed by atoms with Crippen LogP contribution in [-0.4, -0.2) is 54.4 Å². The van der Waals surface area contributed by atoms with E-state index in [0.29, 0.717) is 18.3 Å². The van der Waals surface area contributed by atoms with Crippen LogP contribution in [0, 0.1) is 0 Å². The molecule has 0 atom stereocenters. The molecule has 0 saturated carbocycles. The van der Waals surface area contributed by atoms with E-state index in [9.17, 15) is 0 Å². The maximum Gasteiger partial charge on any atom is 0.241 e. The van der Waals surface area contributed by atoms with Gasteiger partial charge in [-0.1, -0.05) is 5.16 Å². The lowest BCUT2D eigenvalue weighted by atomic mass is 10.1. The molecule has 6 nitrogen and oxygen atoms in total. The first kappa shape index (κ1) is 15.6. The number of hydrogen-bond acceptors (Lipinski definition) is 6. The van der Waals surface area contributed by atoms with Gasteiger partial charge in [0.25, 0.3) is 0 Å². The highest BCUT2D eigenvalue weighted by atomic mass is 16.5. The number of aromatic nitrogens is 2. The van der Waals surface area contributed by atoms with Crippen molar-refractivity contribution in [3.05, 3.63) is 30.2 Å². The van der Waals surface area contributed by atoms with Crippen molar-refractivity contribution in [2.24, 2.45) is 0 Å². The van der Waals surface area contributed by atoms with Gasteiger partial charge in [-0.15, -0.1) is 0 Å². The third kappa shape index (κ3) is 3.60. The van der Waals surface area contributed by atoms with Crippen LogP contribution in [0.25, 0.3) is 11.4 Å². The first-order valence-electron chi connectivity index (χ1n) is 8.86. The molecule has 2 aliphatic rings. The molecule has 0 unspecified atom stereocenters. The van der Waals surface area contributed by atoms with Crippen LogP contribution in [0.1, 0.15) is 25.2 Å². The first-order chi connectivity index (χ1) is 11.9. The standard InChI is InChI=1S/C18H24N4O2/c1-2-8-22(9-3-1)16-6-4-15(5-7-16)18-19-17(24-20-18)14-21-10-12-23-13-11-21/h4-7H,1-3,8-14H2. The molecule has 2 saturated heterocycles. The van der Waals surface area contributed by atoms with Crippen LogP contribution in [0.15, 0.2) is 28.8 Å². The van der Waals surface area contributed by atoms with Gasteiger partial charge in [0.1, 0.15) is 0 Å². The van der Waals surface area contributed by atoms with Crippen LogP contribution in [-0.2, 0) is 11.3 Å². The summed E-state index contributed by atoms with van der Waals surface area (Å²) in [6, 6.07) is 8.51. The summed E-state index contributed by atoms with van der Waals surface area (Å²) >= 11 is 0. The lowest BCUT2D eigenvalue weighted by Crippen LogP contribution is -2.35.